The number of para-hydroxylation sites is 2. The number of aromatic nitrogens is 2. The molecule has 1 aliphatic heterocycles. The van der Waals surface area contributed by atoms with E-state index in [4.69, 9.17) is 0 Å². The molecular formula is C20H28N4O2. The Bertz CT molecular complexity index is 809. The third kappa shape index (κ3) is 4.23. The van der Waals surface area contributed by atoms with Crippen LogP contribution in [-0.2, 0) is 11.3 Å². The predicted molar refractivity (Wildman–Crippen MR) is 105 cm³/mol. The van der Waals surface area contributed by atoms with E-state index in [1.165, 1.54) is 6.42 Å². The largest absolute Gasteiger partial charge is 0.356 e. The van der Waals surface area contributed by atoms with Gasteiger partial charge in [-0.3, -0.25) is 9.59 Å². The number of amides is 1. The minimum Gasteiger partial charge on any atom is -0.356 e. The van der Waals surface area contributed by atoms with E-state index in [0.717, 1.165) is 49.8 Å². The molecule has 0 aliphatic carbocycles. The summed E-state index contributed by atoms with van der Waals surface area (Å²) in [5.74, 6) is 0.514. The SMILES string of the molecule is CCCCNC(=O)CCn1c(=O)c(N2CCCCC2)nc2ccccc21. The van der Waals surface area contributed by atoms with Crippen LogP contribution in [0.3, 0.4) is 0 Å². The van der Waals surface area contributed by atoms with Gasteiger partial charge in [0.1, 0.15) is 0 Å². The van der Waals surface area contributed by atoms with Crippen molar-refractivity contribution in [1.29, 1.82) is 0 Å². The quantitative estimate of drug-likeness (QED) is 0.775. The van der Waals surface area contributed by atoms with Crippen molar-refractivity contribution in [2.45, 2.75) is 52.0 Å². The Morgan fingerprint density at radius 3 is 2.73 bits per heavy atom. The number of anilines is 1. The zero-order valence-electron chi connectivity index (χ0n) is 15.5. The Balaban J connectivity index is 1.86. The van der Waals surface area contributed by atoms with Gasteiger partial charge in [-0.2, -0.15) is 0 Å². The number of nitrogens with one attached hydrogen (secondary N) is 1. The van der Waals surface area contributed by atoms with Gasteiger partial charge in [0.05, 0.1) is 11.0 Å². The predicted octanol–water partition coefficient (Wildman–Crippen LogP) is 2.69. The van der Waals surface area contributed by atoms with Crippen LogP contribution < -0.4 is 15.8 Å². The molecule has 2 heterocycles. The van der Waals surface area contributed by atoms with Gasteiger partial charge in [0.25, 0.3) is 5.56 Å². The fraction of sp³-hybridized carbons (Fsp3) is 0.550. The molecule has 6 nitrogen and oxygen atoms in total. The molecule has 3 rings (SSSR count). The minimum atomic E-state index is -0.0908. The summed E-state index contributed by atoms with van der Waals surface area (Å²) in [6.45, 7) is 4.91. The van der Waals surface area contributed by atoms with E-state index in [1.807, 2.05) is 24.3 Å². The lowest BCUT2D eigenvalue weighted by Gasteiger charge is -2.27. The molecule has 6 heteroatoms. The van der Waals surface area contributed by atoms with Gasteiger partial charge in [0, 0.05) is 32.6 Å². The first kappa shape index (κ1) is 18.4. The van der Waals surface area contributed by atoms with Crippen LogP contribution >= 0.6 is 0 Å². The summed E-state index contributed by atoms with van der Waals surface area (Å²) in [5.41, 5.74) is 1.51. The third-order valence-corrected chi connectivity index (χ3v) is 4.91. The number of piperidine rings is 1. The molecule has 0 saturated carbocycles. The van der Waals surface area contributed by atoms with Crippen LogP contribution in [0.4, 0.5) is 5.82 Å². The van der Waals surface area contributed by atoms with Crippen molar-refractivity contribution in [1.82, 2.24) is 14.9 Å². The molecule has 2 aromatic rings. The van der Waals surface area contributed by atoms with E-state index >= 15 is 0 Å². The molecule has 0 unspecified atom stereocenters. The summed E-state index contributed by atoms with van der Waals surface area (Å²) in [4.78, 5) is 31.9. The van der Waals surface area contributed by atoms with Crippen LogP contribution in [0, 0.1) is 0 Å². The summed E-state index contributed by atoms with van der Waals surface area (Å²) in [5, 5.41) is 2.92. The van der Waals surface area contributed by atoms with E-state index in [9.17, 15) is 9.59 Å². The molecule has 1 fully saturated rings. The Kier molecular flexibility index (Phi) is 6.26. The maximum absolute atomic E-state index is 13.1. The van der Waals surface area contributed by atoms with Gasteiger partial charge in [-0.05, 0) is 37.8 Å². The molecule has 1 amide bonds. The smallest absolute Gasteiger partial charge is 0.294 e. The zero-order chi connectivity index (χ0) is 18.4. The number of aryl methyl sites for hydroxylation is 1. The normalized spacial score (nSPS) is 14.6. The molecule has 1 aliphatic rings. The second-order valence-corrected chi connectivity index (χ2v) is 6.88. The van der Waals surface area contributed by atoms with Gasteiger partial charge in [-0.15, -0.1) is 0 Å². The van der Waals surface area contributed by atoms with Crippen LogP contribution in [0.2, 0.25) is 0 Å². The molecule has 140 valence electrons. The van der Waals surface area contributed by atoms with Gasteiger partial charge in [-0.1, -0.05) is 25.5 Å². The van der Waals surface area contributed by atoms with Crippen molar-refractivity contribution in [2.24, 2.45) is 0 Å². The maximum atomic E-state index is 13.1. The highest BCUT2D eigenvalue weighted by atomic mass is 16.2. The number of fused-ring (bicyclic) bond motifs is 1. The van der Waals surface area contributed by atoms with E-state index < -0.39 is 0 Å². The Labute approximate surface area is 154 Å². The molecule has 0 bridgehead atoms. The highest BCUT2D eigenvalue weighted by molar-refractivity contribution is 5.78. The molecular weight excluding hydrogens is 328 g/mol. The highest BCUT2D eigenvalue weighted by Gasteiger charge is 2.19. The van der Waals surface area contributed by atoms with Crippen LogP contribution in [0.5, 0.6) is 0 Å². The number of rotatable bonds is 7. The zero-order valence-corrected chi connectivity index (χ0v) is 15.5. The van der Waals surface area contributed by atoms with E-state index in [1.54, 1.807) is 4.57 Å². The first-order valence-corrected chi connectivity index (χ1v) is 9.72. The lowest BCUT2D eigenvalue weighted by molar-refractivity contribution is -0.121. The van der Waals surface area contributed by atoms with E-state index in [-0.39, 0.29) is 11.5 Å². The number of nitrogens with zero attached hydrogens (tertiary/aromatic N) is 3. The molecule has 0 spiro atoms. The molecule has 1 aromatic heterocycles. The average molecular weight is 356 g/mol. The highest BCUT2D eigenvalue weighted by Crippen LogP contribution is 2.18. The van der Waals surface area contributed by atoms with Crippen molar-refractivity contribution in [3.63, 3.8) is 0 Å². The summed E-state index contributed by atoms with van der Waals surface area (Å²) >= 11 is 0. The molecule has 0 atom stereocenters. The monoisotopic (exact) mass is 356 g/mol. The fourth-order valence-electron chi connectivity index (χ4n) is 3.42. The standard InChI is InChI=1S/C20H28N4O2/c1-2-3-12-21-18(25)11-15-24-17-10-6-5-9-16(17)22-19(20(24)26)23-13-7-4-8-14-23/h5-6,9-10H,2-4,7-8,11-15H2,1H3,(H,21,25). The summed E-state index contributed by atoms with van der Waals surface area (Å²) < 4.78 is 1.71. The van der Waals surface area contributed by atoms with Crippen molar-refractivity contribution >= 4 is 22.8 Å². The first-order valence-electron chi connectivity index (χ1n) is 9.72. The van der Waals surface area contributed by atoms with Crippen molar-refractivity contribution in [3.05, 3.63) is 34.6 Å². The lowest BCUT2D eigenvalue weighted by atomic mass is 10.1. The topological polar surface area (TPSA) is 67.2 Å². The summed E-state index contributed by atoms with van der Waals surface area (Å²) in [6.07, 6.45) is 5.71. The Morgan fingerprint density at radius 1 is 1.19 bits per heavy atom. The Hall–Kier alpha value is -2.37. The maximum Gasteiger partial charge on any atom is 0.294 e. The van der Waals surface area contributed by atoms with Gasteiger partial charge < -0.3 is 14.8 Å². The second-order valence-electron chi connectivity index (χ2n) is 6.88. The Morgan fingerprint density at radius 2 is 1.96 bits per heavy atom. The molecule has 1 saturated heterocycles. The van der Waals surface area contributed by atoms with Crippen molar-refractivity contribution in [2.75, 3.05) is 24.5 Å². The number of hydrogen-bond donors (Lipinski definition) is 1. The van der Waals surface area contributed by atoms with Crippen LogP contribution in [0.15, 0.2) is 29.1 Å². The molecule has 0 radical (unpaired) electrons. The number of hydrogen-bond acceptors (Lipinski definition) is 4. The number of benzene rings is 1. The van der Waals surface area contributed by atoms with E-state index in [2.05, 4.69) is 22.1 Å². The van der Waals surface area contributed by atoms with Gasteiger partial charge in [0.2, 0.25) is 5.91 Å². The number of carbonyl (C=O) groups excluding carboxylic acids is 1. The van der Waals surface area contributed by atoms with Gasteiger partial charge >= 0.3 is 0 Å². The number of unbranched alkanes of at least 4 members (excludes halogenated alkanes) is 1. The van der Waals surface area contributed by atoms with Crippen LogP contribution in [-0.4, -0.2) is 35.1 Å². The molecule has 1 aromatic carbocycles. The fourth-order valence-corrected chi connectivity index (χ4v) is 3.42. The van der Waals surface area contributed by atoms with Crippen molar-refractivity contribution in [3.8, 4) is 0 Å². The minimum absolute atomic E-state index is 0.00855. The van der Waals surface area contributed by atoms with Gasteiger partial charge in [0.15, 0.2) is 5.82 Å². The number of carbonyl (C=O) groups is 1. The second kappa shape index (κ2) is 8.83. The molecule has 26 heavy (non-hydrogen) atoms. The van der Waals surface area contributed by atoms with Crippen molar-refractivity contribution < 1.29 is 4.79 Å². The van der Waals surface area contributed by atoms with Crippen LogP contribution in [0.25, 0.3) is 11.0 Å². The molecule has 1 N–H and O–H groups in total. The van der Waals surface area contributed by atoms with Crippen LogP contribution in [0.1, 0.15) is 45.4 Å². The average Bonchev–Trinajstić information content (AvgIpc) is 2.68. The third-order valence-electron chi connectivity index (χ3n) is 4.91. The summed E-state index contributed by atoms with van der Waals surface area (Å²) in [7, 11) is 0. The summed E-state index contributed by atoms with van der Waals surface area (Å²) in [6, 6.07) is 7.67. The lowest BCUT2D eigenvalue weighted by Crippen LogP contribution is -2.37. The van der Waals surface area contributed by atoms with E-state index in [0.29, 0.717) is 25.3 Å². The first-order chi connectivity index (χ1) is 12.7. The van der Waals surface area contributed by atoms with Gasteiger partial charge in [-0.25, -0.2) is 4.98 Å².